The Bertz CT molecular complexity index is 1550. The van der Waals surface area contributed by atoms with Gasteiger partial charge in [0.05, 0.1) is 17.1 Å². The number of aryl methyl sites for hydroxylation is 3. The highest BCUT2D eigenvalue weighted by Gasteiger charge is 2.23. The summed E-state index contributed by atoms with van der Waals surface area (Å²) >= 11 is 0. The van der Waals surface area contributed by atoms with Gasteiger partial charge < -0.3 is 9.15 Å². The lowest BCUT2D eigenvalue weighted by atomic mass is 10.0. The molecule has 1 atom stereocenters. The molecule has 0 aliphatic carbocycles. The molecule has 3 aromatic heterocycles. The average Bonchev–Trinajstić information content (AvgIpc) is 3.17. The van der Waals surface area contributed by atoms with Crippen LogP contribution in [0.3, 0.4) is 0 Å². The van der Waals surface area contributed by atoms with E-state index in [0.717, 1.165) is 5.56 Å². The maximum Gasteiger partial charge on any atom is 0.259 e. The summed E-state index contributed by atoms with van der Waals surface area (Å²) in [5.41, 5.74) is 3.26. The van der Waals surface area contributed by atoms with E-state index in [1.165, 1.54) is 6.07 Å². The van der Waals surface area contributed by atoms with Crippen LogP contribution >= 0.6 is 0 Å². The highest BCUT2D eigenvalue weighted by atomic mass is 32.2. The lowest BCUT2D eigenvalue weighted by Crippen LogP contribution is -2.17. The van der Waals surface area contributed by atoms with E-state index in [1.807, 2.05) is 13.0 Å². The van der Waals surface area contributed by atoms with Crippen molar-refractivity contribution in [3.63, 3.8) is 0 Å². The zero-order valence-corrected chi connectivity index (χ0v) is 19.7. The topological polar surface area (TPSA) is 130 Å². The maximum absolute atomic E-state index is 13.2. The number of ether oxygens (including phenoxy) is 1. The van der Waals surface area contributed by atoms with E-state index in [0.29, 0.717) is 39.1 Å². The molecule has 0 spiro atoms. The quantitative estimate of drug-likeness (QED) is 0.475. The molecule has 2 N–H and O–H groups in total. The van der Waals surface area contributed by atoms with E-state index in [9.17, 15) is 13.2 Å². The molecule has 172 valence electrons. The Morgan fingerprint density at radius 3 is 2.55 bits per heavy atom. The summed E-state index contributed by atoms with van der Waals surface area (Å²) in [5.74, 6) is 0.437. The molecule has 0 fully saturated rings. The summed E-state index contributed by atoms with van der Waals surface area (Å²) in [6.45, 7) is 6.98. The second kappa shape index (κ2) is 8.13. The summed E-state index contributed by atoms with van der Waals surface area (Å²) in [5, 5.41) is 9.57. The lowest BCUT2D eigenvalue weighted by Gasteiger charge is -2.19. The van der Waals surface area contributed by atoms with Crippen LogP contribution in [0.1, 0.15) is 35.4 Å². The van der Waals surface area contributed by atoms with Crippen molar-refractivity contribution >= 4 is 21.0 Å². The molecule has 0 aliphatic heterocycles. The van der Waals surface area contributed by atoms with E-state index in [4.69, 9.17) is 14.3 Å². The van der Waals surface area contributed by atoms with Gasteiger partial charge in [0.2, 0.25) is 5.03 Å². The van der Waals surface area contributed by atoms with Gasteiger partial charge in [0.1, 0.15) is 17.4 Å². The molecule has 0 aliphatic rings. The number of nitrogens with two attached hydrogens (primary N) is 1. The van der Waals surface area contributed by atoms with Gasteiger partial charge in [0, 0.05) is 30.1 Å². The van der Waals surface area contributed by atoms with Crippen LogP contribution in [0, 0.1) is 20.8 Å². The van der Waals surface area contributed by atoms with Crippen LogP contribution in [0.25, 0.3) is 22.3 Å². The van der Waals surface area contributed by atoms with Crippen LogP contribution < -0.4 is 15.3 Å². The Morgan fingerprint density at radius 1 is 1.18 bits per heavy atom. The molecule has 4 rings (SSSR count). The summed E-state index contributed by atoms with van der Waals surface area (Å²) in [4.78, 5) is 17.2. The van der Waals surface area contributed by atoms with Gasteiger partial charge in [-0.25, -0.2) is 18.5 Å². The van der Waals surface area contributed by atoms with Gasteiger partial charge in [-0.05, 0) is 57.5 Å². The number of rotatable bonds is 5. The van der Waals surface area contributed by atoms with Crippen molar-refractivity contribution < 1.29 is 17.6 Å². The third-order valence-electron chi connectivity index (χ3n) is 5.33. The minimum Gasteiger partial charge on any atom is -0.483 e. The fourth-order valence-corrected chi connectivity index (χ4v) is 4.42. The van der Waals surface area contributed by atoms with E-state index >= 15 is 0 Å². The SMILES string of the molecule is Cc1cc([C@@H](C)Oc2ccc(C)nc2S(N)(=O)=O)c2oc(-c3cnn(C)c3)c(C)c(=O)c2c1. The van der Waals surface area contributed by atoms with Gasteiger partial charge in [0.15, 0.2) is 11.2 Å². The van der Waals surface area contributed by atoms with Gasteiger partial charge in [-0.2, -0.15) is 5.10 Å². The fraction of sp³-hybridized carbons (Fsp3) is 0.261. The van der Waals surface area contributed by atoms with Crippen LogP contribution in [0.5, 0.6) is 5.75 Å². The Morgan fingerprint density at radius 2 is 1.91 bits per heavy atom. The average molecular weight is 469 g/mol. The zero-order valence-electron chi connectivity index (χ0n) is 18.9. The normalized spacial score (nSPS) is 12.8. The number of fused-ring (bicyclic) bond motifs is 1. The smallest absolute Gasteiger partial charge is 0.259 e. The second-order valence-electron chi connectivity index (χ2n) is 8.08. The molecule has 0 saturated carbocycles. The van der Waals surface area contributed by atoms with Gasteiger partial charge in [-0.3, -0.25) is 9.48 Å². The number of aromatic nitrogens is 3. The maximum atomic E-state index is 13.2. The first-order valence-corrected chi connectivity index (χ1v) is 11.7. The Kier molecular flexibility index (Phi) is 5.59. The zero-order chi connectivity index (χ0) is 24.1. The van der Waals surface area contributed by atoms with Crippen LogP contribution in [0.15, 0.2) is 50.9 Å². The van der Waals surface area contributed by atoms with Crippen molar-refractivity contribution in [2.75, 3.05) is 0 Å². The van der Waals surface area contributed by atoms with E-state index < -0.39 is 16.1 Å². The van der Waals surface area contributed by atoms with Crippen molar-refractivity contribution in [2.24, 2.45) is 12.2 Å². The minimum absolute atomic E-state index is 0.0206. The number of hydrogen-bond acceptors (Lipinski definition) is 7. The Balaban J connectivity index is 1.89. The largest absolute Gasteiger partial charge is 0.483 e. The summed E-state index contributed by atoms with van der Waals surface area (Å²) in [6, 6.07) is 6.75. The molecule has 1 aromatic carbocycles. The highest BCUT2D eigenvalue weighted by molar-refractivity contribution is 7.89. The number of sulfonamides is 1. The van der Waals surface area contributed by atoms with Crippen molar-refractivity contribution in [1.82, 2.24) is 14.8 Å². The summed E-state index contributed by atoms with van der Waals surface area (Å²) in [6.07, 6.45) is 2.72. The lowest BCUT2D eigenvalue weighted by molar-refractivity contribution is 0.218. The third kappa shape index (κ3) is 4.27. The molecule has 0 saturated heterocycles. The molecular formula is C23H24N4O5S. The molecule has 0 amide bonds. The molecular weight excluding hydrogens is 444 g/mol. The second-order valence-corrected chi connectivity index (χ2v) is 9.56. The van der Waals surface area contributed by atoms with Crippen molar-refractivity contribution in [1.29, 1.82) is 0 Å². The summed E-state index contributed by atoms with van der Waals surface area (Å²) < 4.78 is 38.0. The van der Waals surface area contributed by atoms with Gasteiger partial charge in [0.25, 0.3) is 10.0 Å². The molecule has 0 unspecified atom stereocenters. The molecule has 4 aromatic rings. The van der Waals surface area contributed by atoms with Crippen LogP contribution in [0.2, 0.25) is 0 Å². The van der Waals surface area contributed by atoms with Crippen molar-refractivity contribution in [2.45, 2.75) is 38.8 Å². The van der Waals surface area contributed by atoms with Crippen LogP contribution in [-0.4, -0.2) is 23.2 Å². The first-order chi connectivity index (χ1) is 15.5. The van der Waals surface area contributed by atoms with E-state index in [1.54, 1.807) is 57.0 Å². The molecule has 3 heterocycles. The number of nitrogens with zero attached hydrogens (tertiary/aromatic N) is 3. The molecule has 33 heavy (non-hydrogen) atoms. The number of pyridine rings is 1. The first kappa shape index (κ1) is 22.7. The number of hydrogen-bond donors (Lipinski definition) is 1. The van der Waals surface area contributed by atoms with Crippen molar-refractivity contribution in [3.8, 4) is 17.1 Å². The molecule has 0 radical (unpaired) electrons. The predicted molar refractivity (Wildman–Crippen MR) is 124 cm³/mol. The fourth-order valence-electron chi connectivity index (χ4n) is 3.75. The van der Waals surface area contributed by atoms with Crippen molar-refractivity contribution in [3.05, 3.63) is 69.3 Å². The van der Waals surface area contributed by atoms with E-state index in [2.05, 4.69) is 10.1 Å². The van der Waals surface area contributed by atoms with Gasteiger partial charge >= 0.3 is 0 Å². The number of primary sulfonamides is 1. The Hall–Kier alpha value is -3.50. The number of benzene rings is 1. The van der Waals surface area contributed by atoms with Gasteiger partial charge in [-0.1, -0.05) is 0 Å². The monoisotopic (exact) mass is 468 g/mol. The van der Waals surface area contributed by atoms with E-state index in [-0.39, 0.29) is 16.2 Å². The molecule has 10 heteroatoms. The summed E-state index contributed by atoms with van der Waals surface area (Å²) in [7, 11) is -2.33. The highest BCUT2D eigenvalue weighted by Crippen LogP contribution is 2.33. The molecule has 0 bridgehead atoms. The van der Waals surface area contributed by atoms with Crippen LogP contribution in [0.4, 0.5) is 0 Å². The minimum atomic E-state index is -4.11. The molecule has 9 nitrogen and oxygen atoms in total. The standard InChI is InChI=1S/C23H24N4O5S/c1-12-8-17(15(4)31-19-7-6-13(2)26-23(19)33(24,29)30)22-18(9-12)20(28)14(3)21(32-22)16-10-25-27(5)11-16/h6-11,15H,1-5H3,(H2,24,29,30)/t15-/m1/s1. The van der Waals surface area contributed by atoms with Gasteiger partial charge in [-0.15, -0.1) is 0 Å². The predicted octanol–water partition coefficient (Wildman–Crippen LogP) is 3.30. The first-order valence-electron chi connectivity index (χ1n) is 10.2. The third-order valence-corrected chi connectivity index (χ3v) is 6.17. The van der Waals surface area contributed by atoms with Crippen LogP contribution in [-0.2, 0) is 17.1 Å². The Labute approximate surface area is 190 Å².